The third-order valence-corrected chi connectivity index (χ3v) is 18.9. The molecule has 0 fully saturated rings. The average molecular weight is 1170 g/mol. The number of rotatable bonds is 0. The zero-order valence-corrected chi connectivity index (χ0v) is 50.6. The summed E-state index contributed by atoms with van der Waals surface area (Å²) in [5.41, 5.74) is 0. The van der Waals surface area contributed by atoms with Gasteiger partial charge in [0.2, 0.25) is 0 Å². The van der Waals surface area contributed by atoms with Gasteiger partial charge in [0.25, 0.3) is 0 Å². The molecule has 0 amide bonds. The molecule has 0 spiro atoms. The van der Waals surface area contributed by atoms with Crippen LogP contribution in [-0.2, 0) is 0 Å². The fourth-order valence-corrected chi connectivity index (χ4v) is 14.5. The van der Waals surface area contributed by atoms with Crippen molar-refractivity contribution in [1.29, 1.82) is 0 Å². The zero-order chi connectivity index (χ0) is 60.9. The molecule has 0 nitrogen and oxygen atoms in total. The summed E-state index contributed by atoms with van der Waals surface area (Å²) in [6.45, 7) is 0. The predicted octanol–water partition coefficient (Wildman–Crippen LogP) is 26.3. The van der Waals surface area contributed by atoms with Gasteiger partial charge in [-0.3, -0.25) is 0 Å². The van der Waals surface area contributed by atoms with Gasteiger partial charge in [-0.1, -0.05) is 340 Å². The van der Waals surface area contributed by atoms with Crippen LogP contribution in [0.1, 0.15) is 0 Å². The molecule has 0 aliphatic rings. The van der Waals surface area contributed by atoms with E-state index in [2.05, 4.69) is 364 Å². The first-order valence-corrected chi connectivity index (χ1v) is 31.9. The monoisotopic (exact) mass is 1160 g/mol. The Morgan fingerprint density at radius 1 is 0.0870 bits per heavy atom. The largest absolute Gasteiger partial charge is 0.0616 e. The van der Waals surface area contributed by atoms with E-state index in [-0.39, 0.29) is 0 Å². The highest BCUT2D eigenvalue weighted by Crippen LogP contribution is 2.38. The Balaban J connectivity index is 0.0000000884. The standard InChI is InChI=1S/C22H14.3C18H12.C16H10/c1-3-7-19-15(5-1)9-11-17-14-22-18(13-21(17)19)12-10-16-6-2-4-8-20(16)22;1-3-7-16-13(5-1)9-11-15-12-10-14-6-2-4-8-17(14)18(15)16;1-2-8-14-13(7-1)15-9-3-4-11-17(15)18-12-6-5-10-16(14)18;1-2-7-15-12-18-16(11-14(15)6-1)10-9-13-5-3-4-8-17(13)18;1-3-11-7-9-13-5-2-6-14-10-8-12(4-1)15(11)16(13)14/h1-14H;3*1-12H;1-10H. The summed E-state index contributed by atoms with van der Waals surface area (Å²) in [5.74, 6) is 0. The maximum absolute atomic E-state index is 2.33. The highest BCUT2D eigenvalue weighted by atomic mass is 14.1. The maximum atomic E-state index is 2.33. The fourth-order valence-electron chi connectivity index (χ4n) is 14.5. The molecule has 428 valence electrons. The van der Waals surface area contributed by atoms with Crippen LogP contribution in [0.5, 0.6) is 0 Å². The van der Waals surface area contributed by atoms with E-state index in [1.807, 2.05) is 0 Å². The molecule has 0 aliphatic carbocycles. The Morgan fingerprint density at radius 2 is 0.272 bits per heavy atom. The molecule has 0 atom stereocenters. The van der Waals surface area contributed by atoms with E-state index in [0.29, 0.717) is 0 Å². The molecular formula is C92H60. The first-order valence-electron chi connectivity index (χ1n) is 31.9. The van der Waals surface area contributed by atoms with Crippen molar-refractivity contribution in [2.24, 2.45) is 0 Å². The van der Waals surface area contributed by atoms with Gasteiger partial charge < -0.3 is 0 Å². The van der Waals surface area contributed by atoms with Crippen molar-refractivity contribution in [1.82, 2.24) is 0 Å². The van der Waals surface area contributed by atoms with Gasteiger partial charge in [-0.05, 0) is 197 Å². The Morgan fingerprint density at radius 3 is 0.587 bits per heavy atom. The smallest absolute Gasteiger partial charge is 0.00268 e. The molecular weight excluding hydrogens is 1110 g/mol. The van der Waals surface area contributed by atoms with Crippen LogP contribution in [0.4, 0.5) is 0 Å². The van der Waals surface area contributed by atoms with Gasteiger partial charge in [0.1, 0.15) is 0 Å². The molecule has 0 unspecified atom stereocenters. The Hall–Kier alpha value is -12.0. The molecule has 0 aromatic heterocycles. The lowest BCUT2D eigenvalue weighted by Crippen LogP contribution is -1.82. The summed E-state index contributed by atoms with van der Waals surface area (Å²) in [6.07, 6.45) is 0. The number of hydrogen-bond acceptors (Lipinski definition) is 0. The van der Waals surface area contributed by atoms with Crippen LogP contribution >= 0.6 is 0 Å². The third-order valence-electron chi connectivity index (χ3n) is 18.9. The maximum Gasteiger partial charge on any atom is -0.00268 e. The van der Waals surface area contributed by atoms with Gasteiger partial charge in [-0.2, -0.15) is 0 Å². The molecule has 0 saturated heterocycles. The summed E-state index contributed by atoms with van der Waals surface area (Å²) < 4.78 is 0. The molecule has 21 rings (SSSR count). The second-order valence-electron chi connectivity index (χ2n) is 24.2. The van der Waals surface area contributed by atoms with Gasteiger partial charge >= 0.3 is 0 Å². The summed E-state index contributed by atoms with van der Waals surface area (Å²) >= 11 is 0. The van der Waals surface area contributed by atoms with Crippen molar-refractivity contribution in [2.75, 3.05) is 0 Å². The van der Waals surface area contributed by atoms with Gasteiger partial charge in [0.15, 0.2) is 0 Å². The average Bonchev–Trinajstić information content (AvgIpc) is 1.17. The highest BCUT2D eigenvalue weighted by Gasteiger charge is 2.11. The highest BCUT2D eigenvalue weighted by molar-refractivity contribution is 6.26. The van der Waals surface area contributed by atoms with Crippen LogP contribution in [0.25, 0.3) is 172 Å². The third kappa shape index (κ3) is 9.74. The summed E-state index contributed by atoms with van der Waals surface area (Å²) in [5, 5.41) is 42.6. The number of fused-ring (bicyclic) bond motifs is 21. The topological polar surface area (TPSA) is 0 Å². The van der Waals surface area contributed by atoms with Crippen LogP contribution in [0.3, 0.4) is 0 Å². The van der Waals surface area contributed by atoms with Gasteiger partial charge in [0, 0.05) is 0 Å². The molecule has 92 heavy (non-hydrogen) atoms. The molecule has 0 heteroatoms. The van der Waals surface area contributed by atoms with E-state index in [1.165, 1.54) is 172 Å². The lowest BCUT2D eigenvalue weighted by molar-refractivity contribution is 1.77. The predicted molar refractivity (Wildman–Crippen MR) is 403 cm³/mol. The van der Waals surface area contributed by atoms with E-state index in [0.717, 1.165) is 0 Å². The normalized spacial score (nSPS) is 11.5. The van der Waals surface area contributed by atoms with E-state index < -0.39 is 0 Å². The lowest BCUT2D eigenvalue weighted by atomic mass is 9.95. The number of benzene rings is 21. The molecule has 0 bridgehead atoms. The van der Waals surface area contributed by atoms with Crippen molar-refractivity contribution < 1.29 is 0 Å². The minimum Gasteiger partial charge on any atom is -0.0616 e. The van der Waals surface area contributed by atoms with Crippen LogP contribution in [0, 0.1) is 0 Å². The Bertz CT molecular complexity index is 5830. The Kier molecular flexibility index (Phi) is 13.7. The summed E-state index contributed by atoms with van der Waals surface area (Å²) in [7, 11) is 0. The van der Waals surface area contributed by atoms with Crippen molar-refractivity contribution >= 4 is 172 Å². The van der Waals surface area contributed by atoms with Crippen LogP contribution in [0.15, 0.2) is 364 Å². The van der Waals surface area contributed by atoms with Crippen LogP contribution in [-0.4, -0.2) is 0 Å². The van der Waals surface area contributed by atoms with E-state index in [9.17, 15) is 0 Å². The van der Waals surface area contributed by atoms with Gasteiger partial charge in [-0.15, -0.1) is 0 Å². The molecule has 0 N–H and O–H groups in total. The van der Waals surface area contributed by atoms with Crippen molar-refractivity contribution in [3.05, 3.63) is 364 Å². The number of hydrogen-bond donors (Lipinski definition) is 0. The molecule has 21 aromatic carbocycles. The minimum absolute atomic E-state index is 1.30. The second-order valence-corrected chi connectivity index (χ2v) is 24.2. The first-order chi connectivity index (χ1) is 45.6. The fraction of sp³-hybridized carbons (Fsp3) is 0. The molecule has 0 heterocycles. The Labute approximate surface area is 533 Å². The van der Waals surface area contributed by atoms with Crippen molar-refractivity contribution in [2.45, 2.75) is 0 Å². The molecule has 21 aromatic rings. The second kappa shape index (κ2) is 23.2. The summed E-state index contributed by atoms with van der Waals surface area (Å²) in [4.78, 5) is 0. The molecule has 0 saturated carbocycles. The minimum atomic E-state index is 1.30. The molecule has 0 radical (unpaired) electrons. The molecule has 0 aliphatic heterocycles. The van der Waals surface area contributed by atoms with Gasteiger partial charge in [0.05, 0.1) is 0 Å². The summed E-state index contributed by atoms with van der Waals surface area (Å²) in [6, 6.07) is 131. The quantitative estimate of drug-likeness (QED) is 0.105. The SMILES string of the molecule is c1cc2ccc3cccc4ccc(c1)c2c34.c1ccc2c(c1)c1ccccc1c1ccccc21.c1ccc2c(c1)ccc1cc3c(ccc4ccccc43)cc12.c1ccc2c(c1)ccc1ccc3ccccc3c12.c1ccc2cc3c(ccc4ccccc43)cc2c1. The zero-order valence-electron chi connectivity index (χ0n) is 50.6. The van der Waals surface area contributed by atoms with E-state index >= 15 is 0 Å². The first kappa shape index (κ1) is 54.2. The lowest BCUT2D eigenvalue weighted by Gasteiger charge is -2.09. The van der Waals surface area contributed by atoms with E-state index in [1.54, 1.807) is 0 Å². The van der Waals surface area contributed by atoms with Crippen LogP contribution < -0.4 is 0 Å². The van der Waals surface area contributed by atoms with E-state index in [4.69, 9.17) is 0 Å². The van der Waals surface area contributed by atoms with Crippen molar-refractivity contribution in [3.63, 3.8) is 0 Å². The van der Waals surface area contributed by atoms with Crippen LogP contribution in [0.2, 0.25) is 0 Å². The van der Waals surface area contributed by atoms with Gasteiger partial charge in [-0.25, -0.2) is 0 Å². The van der Waals surface area contributed by atoms with Crippen molar-refractivity contribution in [3.8, 4) is 0 Å².